The molecule has 1 aromatic rings. The fourth-order valence-electron chi connectivity index (χ4n) is 1.57. The van der Waals surface area contributed by atoms with Gasteiger partial charge in [-0.3, -0.25) is 4.79 Å². The van der Waals surface area contributed by atoms with E-state index in [1.807, 2.05) is 11.8 Å². The van der Waals surface area contributed by atoms with Crippen molar-refractivity contribution in [1.82, 2.24) is 4.98 Å². The minimum Gasteiger partial charge on any atom is -0.347 e. The summed E-state index contributed by atoms with van der Waals surface area (Å²) in [7, 11) is 2.07. The topological polar surface area (TPSA) is 33.2 Å². The van der Waals surface area contributed by atoms with Crippen molar-refractivity contribution >= 4 is 34.0 Å². The SMILES string of the molecule is CC(=O)c1cnc(N(C)C2CCSC2)s1. The first-order valence-corrected chi connectivity index (χ1v) is 6.93. The number of carbonyl (C=O) groups is 1. The number of thiazole rings is 1. The molecule has 3 nitrogen and oxygen atoms in total. The number of aromatic nitrogens is 1. The Balaban J connectivity index is 2.10. The van der Waals surface area contributed by atoms with E-state index < -0.39 is 0 Å². The highest BCUT2D eigenvalue weighted by Crippen LogP contribution is 2.28. The van der Waals surface area contributed by atoms with Crippen LogP contribution >= 0.6 is 23.1 Å². The molecule has 1 unspecified atom stereocenters. The first-order chi connectivity index (χ1) is 7.18. The molecule has 5 heteroatoms. The van der Waals surface area contributed by atoms with Gasteiger partial charge in [0.2, 0.25) is 0 Å². The van der Waals surface area contributed by atoms with E-state index in [1.165, 1.54) is 29.3 Å². The molecule has 0 amide bonds. The van der Waals surface area contributed by atoms with E-state index in [2.05, 4.69) is 16.9 Å². The van der Waals surface area contributed by atoms with Crippen LogP contribution in [-0.2, 0) is 0 Å². The molecule has 1 saturated heterocycles. The lowest BCUT2D eigenvalue weighted by Gasteiger charge is -2.22. The van der Waals surface area contributed by atoms with E-state index >= 15 is 0 Å². The predicted molar refractivity (Wildman–Crippen MR) is 66.3 cm³/mol. The van der Waals surface area contributed by atoms with Gasteiger partial charge in [-0.25, -0.2) is 4.98 Å². The first-order valence-electron chi connectivity index (χ1n) is 4.96. The van der Waals surface area contributed by atoms with Crippen molar-refractivity contribution in [2.24, 2.45) is 0 Å². The summed E-state index contributed by atoms with van der Waals surface area (Å²) >= 11 is 3.48. The van der Waals surface area contributed by atoms with Crippen molar-refractivity contribution in [3.05, 3.63) is 11.1 Å². The fraction of sp³-hybridized carbons (Fsp3) is 0.600. The van der Waals surface area contributed by atoms with Gasteiger partial charge >= 0.3 is 0 Å². The zero-order valence-corrected chi connectivity index (χ0v) is 10.5. The van der Waals surface area contributed by atoms with Crippen molar-refractivity contribution < 1.29 is 4.79 Å². The fourth-order valence-corrected chi connectivity index (χ4v) is 3.69. The molecular weight excluding hydrogens is 228 g/mol. The van der Waals surface area contributed by atoms with E-state index in [-0.39, 0.29) is 5.78 Å². The van der Waals surface area contributed by atoms with Crippen LogP contribution in [0.5, 0.6) is 0 Å². The highest BCUT2D eigenvalue weighted by molar-refractivity contribution is 7.99. The molecule has 0 aromatic carbocycles. The number of hydrogen-bond donors (Lipinski definition) is 0. The van der Waals surface area contributed by atoms with Crippen molar-refractivity contribution in [3.63, 3.8) is 0 Å². The Morgan fingerprint density at radius 2 is 2.47 bits per heavy atom. The van der Waals surface area contributed by atoms with Crippen LogP contribution in [-0.4, -0.2) is 35.4 Å². The highest BCUT2D eigenvalue weighted by Gasteiger charge is 2.22. The van der Waals surface area contributed by atoms with Crippen LogP contribution in [0.15, 0.2) is 6.20 Å². The quantitative estimate of drug-likeness (QED) is 0.761. The van der Waals surface area contributed by atoms with Gasteiger partial charge in [0.25, 0.3) is 0 Å². The van der Waals surface area contributed by atoms with E-state index in [0.29, 0.717) is 6.04 Å². The summed E-state index contributed by atoms with van der Waals surface area (Å²) < 4.78 is 0. The number of carbonyl (C=O) groups excluding carboxylic acids is 1. The van der Waals surface area contributed by atoms with Crippen LogP contribution in [0.25, 0.3) is 0 Å². The van der Waals surface area contributed by atoms with Crippen LogP contribution < -0.4 is 4.90 Å². The van der Waals surface area contributed by atoms with Crippen LogP contribution in [0, 0.1) is 0 Å². The number of ketones is 1. The van der Waals surface area contributed by atoms with Gasteiger partial charge in [-0.1, -0.05) is 11.3 Å². The summed E-state index contributed by atoms with van der Waals surface area (Å²) in [6, 6.07) is 0.584. The Bertz CT molecular complexity index is 358. The van der Waals surface area contributed by atoms with E-state index in [9.17, 15) is 4.79 Å². The van der Waals surface area contributed by atoms with Crippen LogP contribution in [0.3, 0.4) is 0 Å². The molecular formula is C10H14N2OS2. The zero-order valence-electron chi connectivity index (χ0n) is 8.90. The molecule has 0 N–H and O–H groups in total. The smallest absolute Gasteiger partial charge is 0.185 e. The second-order valence-corrected chi connectivity index (χ2v) is 5.85. The molecule has 0 radical (unpaired) electrons. The molecule has 15 heavy (non-hydrogen) atoms. The number of Topliss-reactive ketones (excluding diaryl/α,β-unsaturated/α-hetero) is 1. The molecule has 82 valence electrons. The monoisotopic (exact) mass is 242 g/mol. The third-order valence-corrected chi connectivity index (χ3v) is 4.93. The zero-order chi connectivity index (χ0) is 10.8. The van der Waals surface area contributed by atoms with Gasteiger partial charge in [-0.2, -0.15) is 11.8 Å². The molecule has 1 aliphatic rings. The summed E-state index contributed by atoms with van der Waals surface area (Å²) in [5.74, 6) is 2.51. The molecule has 1 aliphatic heterocycles. The largest absolute Gasteiger partial charge is 0.347 e. The lowest BCUT2D eigenvalue weighted by atomic mass is 10.2. The maximum absolute atomic E-state index is 11.2. The van der Waals surface area contributed by atoms with Gasteiger partial charge in [0.1, 0.15) is 0 Å². The normalized spacial score (nSPS) is 20.5. The Morgan fingerprint density at radius 3 is 3.00 bits per heavy atom. The Morgan fingerprint density at radius 1 is 1.67 bits per heavy atom. The maximum atomic E-state index is 11.2. The molecule has 1 aromatic heterocycles. The van der Waals surface area contributed by atoms with Gasteiger partial charge in [-0.15, -0.1) is 0 Å². The predicted octanol–water partition coefficient (Wildman–Crippen LogP) is 2.29. The Labute approximate surface area is 97.9 Å². The second-order valence-electron chi connectivity index (χ2n) is 3.69. The summed E-state index contributed by atoms with van der Waals surface area (Å²) in [6.45, 7) is 1.59. The Hall–Kier alpha value is -0.550. The molecule has 1 atom stereocenters. The van der Waals surface area contributed by atoms with E-state index in [1.54, 1.807) is 13.1 Å². The lowest BCUT2D eigenvalue weighted by molar-refractivity contribution is 0.102. The third-order valence-electron chi connectivity index (χ3n) is 2.60. The minimum absolute atomic E-state index is 0.105. The van der Waals surface area contributed by atoms with Gasteiger partial charge in [0.05, 0.1) is 11.1 Å². The van der Waals surface area contributed by atoms with Crippen molar-refractivity contribution in [2.45, 2.75) is 19.4 Å². The summed E-state index contributed by atoms with van der Waals surface area (Å²) in [5.41, 5.74) is 0. The van der Waals surface area contributed by atoms with E-state index in [4.69, 9.17) is 0 Å². The first kappa shape index (κ1) is 11.0. The number of rotatable bonds is 3. The van der Waals surface area contributed by atoms with Crippen LogP contribution in [0.1, 0.15) is 23.0 Å². The van der Waals surface area contributed by atoms with Crippen molar-refractivity contribution in [3.8, 4) is 0 Å². The molecule has 0 bridgehead atoms. The summed E-state index contributed by atoms with van der Waals surface area (Å²) in [4.78, 5) is 18.4. The molecule has 2 heterocycles. The van der Waals surface area contributed by atoms with Crippen molar-refractivity contribution in [1.29, 1.82) is 0 Å². The average Bonchev–Trinajstić information content (AvgIpc) is 2.88. The minimum atomic E-state index is 0.105. The average molecular weight is 242 g/mol. The van der Waals surface area contributed by atoms with Gasteiger partial charge < -0.3 is 4.90 Å². The molecule has 1 fully saturated rings. The van der Waals surface area contributed by atoms with Gasteiger partial charge in [0.15, 0.2) is 10.9 Å². The summed E-state index contributed by atoms with van der Waals surface area (Å²) in [6.07, 6.45) is 2.90. The summed E-state index contributed by atoms with van der Waals surface area (Å²) in [5, 5.41) is 0.965. The van der Waals surface area contributed by atoms with Gasteiger partial charge in [-0.05, 0) is 12.2 Å². The standard InChI is InChI=1S/C10H14N2OS2/c1-7(13)9-5-11-10(15-9)12(2)8-3-4-14-6-8/h5,8H,3-4,6H2,1-2H3. The number of anilines is 1. The number of hydrogen-bond acceptors (Lipinski definition) is 5. The number of thioether (sulfide) groups is 1. The van der Waals surface area contributed by atoms with E-state index in [0.717, 1.165) is 10.0 Å². The maximum Gasteiger partial charge on any atom is 0.185 e. The Kier molecular flexibility index (Phi) is 3.31. The molecule has 0 aliphatic carbocycles. The van der Waals surface area contributed by atoms with Gasteiger partial charge in [0, 0.05) is 25.8 Å². The molecule has 2 rings (SSSR count). The lowest BCUT2D eigenvalue weighted by Crippen LogP contribution is -2.30. The van der Waals surface area contributed by atoms with Crippen LogP contribution in [0.2, 0.25) is 0 Å². The van der Waals surface area contributed by atoms with Crippen LogP contribution in [0.4, 0.5) is 5.13 Å². The highest BCUT2D eigenvalue weighted by atomic mass is 32.2. The molecule has 0 spiro atoms. The van der Waals surface area contributed by atoms with Crippen molar-refractivity contribution in [2.75, 3.05) is 23.5 Å². The second kappa shape index (κ2) is 4.53. The third kappa shape index (κ3) is 2.34. The molecule has 0 saturated carbocycles. The number of nitrogens with zero attached hydrogens (tertiary/aromatic N) is 2.